The molecule has 0 aliphatic carbocycles. The highest BCUT2D eigenvalue weighted by atomic mass is 16.5. The first-order valence-corrected chi connectivity index (χ1v) is 9.79. The van der Waals surface area contributed by atoms with Gasteiger partial charge in [0.25, 0.3) is 5.91 Å². The molecule has 1 N–H and O–H groups in total. The van der Waals surface area contributed by atoms with Crippen molar-refractivity contribution in [3.63, 3.8) is 0 Å². The minimum absolute atomic E-state index is 0.0689. The Hall–Kier alpha value is -4.00. The van der Waals surface area contributed by atoms with Crippen molar-refractivity contribution in [3.8, 4) is 23.0 Å². The second kappa shape index (κ2) is 8.79. The Morgan fingerprint density at radius 2 is 1.90 bits per heavy atom. The molecule has 0 fully saturated rings. The number of aryl methyl sites for hydroxylation is 1. The highest BCUT2D eigenvalue weighted by Crippen LogP contribution is 2.31. The summed E-state index contributed by atoms with van der Waals surface area (Å²) in [6.45, 7) is 1.63. The summed E-state index contributed by atoms with van der Waals surface area (Å²) in [5.74, 6) is 0.670. The third-order valence-electron chi connectivity index (χ3n) is 4.79. The molecule has 0 radical (unpaired) electrons. The number of rotatable bonds is 7. The van der Waals surface area contributed by atoms with E-state index in [0.717, 1.165) is 12.0 Å². The van der Waals surface area contributed by atoms with Crippen LogP contribution in [-0.2, 0) is 11.2 Å². The molecule has 0 saturated heterocycles. The summed E-state index contributed by atoms with van der Waals surface area (Å²) in [5.41, 5.74) is 1.64. The van der Waals surface area contributed by atoms with Crippen molar-refractivity contribution in [1.82, 2.24) is 0 Å². The van der Waals surface area contributed by atoms with E-state index in [0.29, 0.717) is 28.2 Å². The zero-order valence-electron chi connectivity index (χ0n) is 17.1. The van der Waals surface area contributed by atoms with E-state index in [-0.39, 0.29) is 23.5 Å². The van der Waals surface area contributed by atoms with E-state index in [9.17, 15) is 9.59 Å². The maximum absolute atomic E-state index is 13.2. The number of benzene rings is 2. The van der Waals surface area contributed by atoms with Crippen molar-refractivity contribution in [1.29, 1.82) is 0 Å². The minimum atomic E-state index is -0.419. The van der Waals surface area contributed by atoms with E-state index in [1.807, 2.05) is 13.0 Å². The molecule has 0 bridgehead atoms. The van der Waals surface area contributed by atoms with E-state index < -0.39 is 5.91 Å². The third-order valence-corrected chi connectivity index (χ3v) is 4.79. The maximum atomic E-state index is 13.2. The summed E-state index contributed by atoms with van der Waals surface area (Å²) in [4.78, 5) is 25.6. The fraction of sp³-hybridized carbons (Fsp3) is 0.167. The number of hydrogen-bond donors (Lipinski definition) is 1. The largest absolute Gasteiger partial charge is 0.497 e. The summed E-state index contributed by atoms with van der Waals surface area (Å²) < 4.78 is 22.1. The number of carbonyl (C=O) groups excluding carboxylic acids is 1. The molecule has 0 unspecified atom stereocenters. The monoisotopic (exact) mass is 419 g/mol. The Morgan fingerprint density at radius 3 is 2.58 bits per heavy atom. The van der Waals surface area contributed by atoms with Crippen LogP contribution in [-0.4, -0.2) is 19.6 Å². The highest BCUT2D eigenvalue weighted by Gasteiger charge is 2.21. The molecule has 2 heterocycles. The van der Waals surface area contributed by atoms with Gasteiger partial charge < -0.3 is 23.6 Å². The van der Waals surface area contributed by atoms with Gasteiger partial charge in [-0.3, -0.25) is 9.59 Å². The second-order valence-corrected chi connectivity index (χ2v) is 6.82. The van der Waals surface area contributed by atoms with Crippen molar-refractivity contribution in [2.24, 2.45) is 0 Å². The quantitative estimate of drug-likeness (QED) is 0.469. The lowest BCUT2D eigenvalue weighted by molar-refractivity contribution is -0.118. The predicted octanol–water partition coefficient (Wildman–Crippen LogP) is 4.64. The molecule has 0 aliphatic rings. The summed E-state index contributed by atoms with van der Waals surface area (Å²) in [5, 5.41) is 3.11. The Morgan fingerprint density at radius 1 is 1.10 bits per heavy atom. The number of nitrogens with one attached hydrogen (secondary N) is 1. The molecule has 2 aromatic carbocycles. The molecular formula is C24H21NO6. The molecule has 4 rings (SSSR count). The molecule has 7 nitrogen and oxygen atoms in total. The molecule has 0 atom stereocenters. The van der Waals surface area contributed by atoms with Gasteiger partial charge in [-0.15, -0.1) is 0 Å². The maximum Gasteiger partial charge on any atom is 0.262 e. The Labute approximate surface area is 178 Å². The summed E-state index contributed by atoms with van der Waals surface area (Å²) in [7, 11) is 1.57. The molecule has 0 spiro atoms. The molecular weight excluding hydrogens is 398 g/mol. The van der Waals surface area contributed by atoms with Crippen LogP contribution < -0.4 is 20.2 Å². The zero-order valence-corrected chi connectivity index (χ0v) is 17.1. The lowest BCUT2D eigenvalue weighted by atomic mass is 10.1. The number of anilines is 1. The lowest BCUT2D eigenvalue weighted by Crippen LogP contribution is -2.22. The van der Waals surface area contributed by atoms with Crippen molar-refractivity contribution >= 4 is 22.6 Å². The molecule has 7 heteroatoms. The van der Waals surface area contributed by atoms with Crippen LogP contribution in [0.5, 0.6) is 11.5 Å². The van der Waals surface area contributed by atoms with Crippen LogP contribution in [0.15, 0.2) is 74.5 Å². The van der Waals surface area contributed by atoms with Crippen LogP contribution in [0.3, 0.4) is 0 Å². The van der Waals surface area contributed by atoms with Gasteiger partial charge in [-0.2, -0.15) is 0 Å². The lowest BCUT2D eigenvalue weighted by Gasteiger charge is -2.11. The summed E-state index contributed by atoms with van der Waals surface area (Å²) in [6.07, 6.45) is 2.25. The molecule has 31 heavy (non-hydrogen) atoms. The van der Waals surface area contributed by atoms with Gasteiger partial charge in [0.2, 0.25) is 16.9 Å². The first-order valence-electron chi connectivity index (χ1n) is 9.79. The predicted molar refractivity (Wildman–Crippen MR) is 117 cm³/mol. The standard InChI is InChI=1S/C24H21NO6/c1-3-15-6-11-19-18(13-15)22(27)24(23(31-19)20-5-4-12-29-20)30-14-21(26)25-16-7-9-17(28-2)10-8-16/h4-13H,3,14H2,1-2H3,(H,25,26). The van der Waals surface area contributed by atoms with E-state index in [1.54, 1.807) is 55.6 Å². The van der Waals surface area contributed by atoms with Crippen LogP contribution in [0.25, 0.3) is 22.5 Å². The normalized spacial score (nSPS) is 10.8. The number of amides is 1. The fourth-order valence-electron chi connectivity index (χ4n) is 3.16. The smallest absolute Gasteiger partial charge is 0.262 e. The van der Waals surface area contributed by atoms with Gasteiger partial charge in [-0.05, 0) is 60.5 Å². The van der Waals surface area contributed by atoms with Gasteiger partial charge in [0.15, 0.2) is 12.4 Å². The highest BCUT2D eigenvalue weighted by molar-refractivity contribution is 5.92. The van der Waals surface area contributed by atoms with Gasteiger partial charge in [0.05, 0.1) is 18.8 Å². The SMILES string of the molecule is CCc1ccc2oc(-c3ccco3)c(OCC(=O)Nc3ccc(OC)cc3)c(=O)c2c1. The van der Waals surface area contributed by atoms with Crippen LogP contribution >= 0.6 is 0 Å². The number of carbonyl (C=O) groups is 1. The summed E-state index contributed by atoms with van der Waals surface area (Å²) in [6, 6.07) is 15.7. The van der Waals surface area contributed by atoms with Gasteiger partial charge >= 0.3 is 0 Å². The van der Waals surface area contributed by atoms with Gasteiger partial charge in [0.1, 0.15) is 11.3 Å². The number of ether oxygens (including phenoxy) is 2. The van der Waals surface area contributed by atoms with Crippen molar-refractivity contribution < 1.29 is 23.1 Å². The van der Waals surface area contributed by atoms with Crippen LogP contribution in [0.1, 0.15) is 12.5 Å². The van der Waals surface area contributed by atoms with E-state index in [1.165, 1.54) is 6.26 Å². The number of furan rings is 1. The molecule has 4 aromatic rings. The molecule has 158 valence electrons. The van der Waals surface area contributed by atoms with Gasteiger partial charge in [-0.25, -0.2) is 0 Å². The van der Waals surface area contributed by atoms with Crippen LogP contribution in [0.4, 0.5) is 5.69 Å². The Balaban J connectivity index is 1.63. The van der Waals surface area contributed by atoms with E-state index in [2.05, 4.69) is 5.32 Å². The fourth-order valence-corrected chi connectivity index (χ4v) is 3.16. The van der Waals surface area contributed by atoms with Crippen LogP contribution in [0, 0.1) is 0 Å². The van der Waals surface area contributed by atoms with Gasteiger partial charge in [-0.1, -0.05) is 13.0 Å². The average molecular weight is 419 g/mol. The Kier molecular flexibility index (Phi) is 5.75. The van der Waals surface area contributed by atoms with E-state index >= 15 is 0 Å². The van der Waals surface area contributed by atoms with Crippen LogP contribution in [0.2, 0.25) is 0 Å². The first kappa shape index (κ1) is 20.3. The first-order chi connectivity index (χ1) is 15.1. The number of fused-ring (bicyclic) bond motifs is 1. The number of methoxy groups -OCH3 is 1. The third kappa shape index (κ3) is 4.30. The minimum Gasteiger partial charge on any atom is -0.497 e. The molecule has 0 aliphatic heterocycles. The van der Waals surface area contributed by atoms with Crippen molar-refractivity contribution in [2.45, 2.75) is 13.3 Å². The van der Waals surface area contributed by atoms with Crippen molar-refractivity contribution in [2.75, 3.05) is 19.0 Å². The zero-order chi connectivity index (χ0) is 21.8. The van der Waals surface area contributed by atoms with Crippen molar-refractivity contribution in [3.05, 3.63) is 76.6 Å². The number of hydrogen-bond acceptors (Lipinski definition) is 6. The molecule has 2 aromatic heterocycles. The second-order valence-electron chi connectivity index (χ2n) is 6.82. The van der Waals surface area contributed by atoms with Gasteiger partial charge in [0, 0.05) is 5.69 Å². The average Bonchev–Trinajstić information content (AvgIpc) is 3.33. The summed E-state index contributed by atoms with van der Waals surface area (Å²) >= 11 is 0. The molecule has 0 saturated carbocycles. The topological polar surface area (TPSA) is 90.9 Å². The molecule has 1 amide bonds. The Bertz CT molecular complexity index is 1260. The van der Waals surface area contributed by atoms with E-state index in [4.69, 9.17) is 18.3 Å².